The fraction of sp³-hybridized carbons (Fsp3) is 0.375. The Morgan fingerprint density at radius 1 is 1.85 bits per heavy atom. The van der Waals surface area contributed by atoms with Gasteiger partial charge in [0.05, 0.1) is 12.5 Å². The van der Waals surface area contributed by atoms with E-state index in [4.69, 9.17) is 9.78 Å². The van der Waals surface area contributed by atoms with Crippen molar-refractivity contribution in [2.45, 2.75) is 13.3 Å². The number of hydrogen-bond donors (Lipinski definition) is 1. The third kappa shape index (κ3) is 2.60. The molecule has 0 bridgehead atoms. The summed E-state index contributed by atoms with van der Waals surface area (Å²) >= 11 is 0. The molecule has 1 aromatic rings. The summed E-state index contributed by atoms with van der Waals surface area (Å²) in [5.74, 6) is 0.275. The van der Waals surface area contributed by atoms with Crippen molar-refractivity contribution < 1.29 is 9.32 Å². The minimum atomic E-state index is -0.313. The van der Waals surface area contributed by atoms with Crippen molar-refractivity contribution in [3.8, 4) is 6.07 Å². The molecule has 0 saturated carbocycles. The largest absolute Gasteiger partial charge is 0.361 e. The lowest BCUT2D eigenvalue weighted by Crippen LogP contribution is -2.24. The van der Waals surface area contributed by atoms with Crippen LogP contribution < -0.4 is 5.32 Å². The highest BCUT2D eigenvalue weighted by atomic mass is 16.5. The highest BCUT2D eigenvalue weighted by Gasteiger charge is 2.09. The van der Waals surface area contributed by atoms with Gasteiger partial charge in [-0.1, -0.05) is 5.16 Å². The summed E-state index contributed by atoms with van der Waals surface area (Å²) in [5, 5.41) is 14.3. The SMILES string of the molecule is Cc1cc(C(=O)NCCC#N)no1. The summed E-state index contributed by atoms with van der Waals surface area (Å²) < 4.78 is 4.72. The summed E-state index contributed by atoms with van der Waals surface area (Å²) in [6, 6.07) is 3.46. The monoisotopic (exact) mass is 179 g/mol. The van der Waals surface area contributed by atoms with Crippen molar-refractivity contribution in [1.29, 1.82) is 5.26 Å². The van der Waals surface area contributed by atoms with Crippen LogP contribution >= 0.6 is 0 Å². The number of amides is 1. The molecule has 0 aliphatic heterocycles. The Bertz CT molecular complexity index is 337. The maximum atomic E-state index is 11.2. The fourth-order valence-corrected chi connectivity index (χ4v) is 0.796. The molecule has 0 aromatic carbocycles. The second kappa shape index (κ2) is 4.26. The summed E-state index contributed by atoms with van der Waals surface area (Å²) in [5.41, 5.74) is 0.246. The molecule has 0 aliphatic rings. The van der Waals surface area contributed by atoms with Crippen LogP contribution in [0.3, 0.4) is 0 Å². The zero-order chi connectivity index (χ0) is 9.68. The Morgan fingerprint density at radius 3 is 3.15 bits per heavy atom. The van der Waals surface area contributed by atoms with E-state index in [0.717, 1.165) is 0 Å². The van der Waals surface area contributed by atoms with E-state index in [-0.39, 0.29) is 11.6 Å². The van der Waals surface area contributed by atoms with Gasteiger partial charge in [0.1, 0.15) is 5.76 Å². The lowest BCUT2D eigenvalue weighted by Gasteiger charge is -1.96. The first-order valence-electron chi connectivity index (χ1n) is 3.82. The third-order valence-corrected chi connectivity index (χ3v) is 1.38. The van der Waals surface area contributed by atoms with Crippen molar-refractivity contribution in [3.05, 3.63) is 17.5 Å². The molecule has 1 rings (SSSR count). The molecule has 0 atom stereocenters. The molecule has 1 amide bonds. The number of aromatic nitrogens is 1. The number of nitriles is 1. The molecule has 1 N–H and O–H groups in total. The molecule has 0 unspecified atom stereocenters. The number of nitrogens with zero attached hydrogens (tertiary/aromatic N) is 2. The van der Waals surface area contributed by atoms with Gasteiger partial charge in [-0.3, -0.25) is 4.79 Å². The summed E-state index contributed by atoms with van der Waals surface area (Å²) in [6.07, 6.45) is 0.294. The molecule has 5 heteroatoms. The Balaban J connectivity index is 2.45. The van der Waals surface area contributed by atoms with Crippen LogP contribution in [0, 0.1) is 18.3 Å². The Morgan fingerprint density at radius 2 is 2.62 bits per heavy atom. The molecular formula is C8H9N3O2. The fourth-order valence-electron chi connectivity index (χ4n) is 0.796. The zero-order valence-corrected chi connectivity index (χ0v) is 7.20. The van der Waals surface area contributed by atoms with E-state index in [1.54, 1.807) is 13.0 Å². The second-order valence-corrected chi connectivity index (χ2v) is 2.49. The maximum Gasteiger partial charge on any atom is 0.273 e. The Hall–Kier alpha value is -1.83. The number of aryl methyl sites for hydroxylation is 1. The molecule has 5 nitrogen and oxygen atoms in total. The number of rotatable bonds is 3. The zero-order valence-electron chi connectivity index (χ0n) is 7.20. The standard InChI is InChI=1S/C8H9N3O2/c1-6-5-7(11-13-6)8(12)10-4-2-3-9/h5H,2,4H2,1H3,(H,10,12). The third-order valence-electron chi connectivity index (χ3n) is 1.38. The highest BCUT2D eigenvalue weighted by molar-refractivity contribution is 5.92. The first-order valence-corrected chi connectivity index (χ1v) is 3.82. The number of hydrogen-bond acceptors (Lipinski definition) is 4. The van der Waals surface area contributed by atoms with Gasteiger partial charge in [-0.15, -0.1) is 0 Å². The highest BCUT2D eigenvalue weighted by Crippen LogP contribution is 2.00. The lowest BCUT2D eigenvalue weighted by molar-refractivity contribution is 0.0945. The predicted molar refractivity (Wildman–Crippen MR) is 43.8 cm³/mol. The van der Waals surface area contributed by atoms with Crippen LogP contribution in [0.4, 0.5) is 0 Å². The number of carbonyl (C=O) groups excluding carboxylic acids is 1. The number of carbonyl (C=O) groups is 1. The molecule has 68 valence electrons. The quantitative estimate of drug-likeness (QED) is 0.690. The second-order valence-electron chi connectivity index (χ2n) is 2.49. The lowest BCUT2D eigenvalue weighted by atomic mass is 10.3. The van der Waals surface area contributed by atoms with Gasteiger partial charge in [0, 0.05) is 12.6 Å². The Labute approximate surface area is 75.3 Å². The summed E-state index contributed by atoms with van der Waals surface area (Å²) in [6.45, 7) is 2.04. The first kappa shape index (κ1) is 9.26. The molecule has 0 saturated heterocycles. The van der Waals surface area contributed by atoms with E-state index in [9.17, 15) is 4.79 Å². The molecule has 0 aliphatic carbocycles. The summed E-state index contributed by atoms with van der Waals surface area (Å²) in [7, 11) is 0. The van der Waals surface area contributed by atoms with Gasteiger partial charge in [0.25, 0.3) is 5.91 Å². The van der Waals surface area contributed by atoms with Crippen molar-refractivity contribution in [2.75, 3.05) is 6.54 Å². The van der Waals surface area contributed by atoms with Crippen molar-refractivity contribution in [1.82, 2.24) is 10.5 Å². The first-order chi connectivity index (χ1) is 6.24. The van der Waals surface area contributed by atoms with E-state index in [0.29, 0.717) is 18.7 Å². The van der Waals surface area contributed by atoms with Gasteiger partial charge in [-0.25, -0.2) is 0 Å². The van der Waals surface area contributed by atoms with Crippen LogP contribution in [0.1, 0.15) is 22.7 Å². The average Bonchev–Trinajstić information content (AvgIpc) is 2.52. The summed E-state index contributed by atoms with van der Waals surface area (Å²) in [4.78, 5) is 11.2. The van der Waals surface area contributed by atoms with Crippen LogP contribution in [-0.4, -0.2) is 17.6 Å². The molecule has 0 radical (unpaired) electrons. The molecule has 0 spiro atoms. The smallest absolute Gasteiger partial charge is 0.273 e. The minimum Gasteiger partial charge on any atom is -0.361 e. The van der Waals surface area contributed by atoms with Crippen molar-refractivity contribution in [3.63, 3.8) is 0 Å². The van der Waals surface area contributed by atoms with Crippen LogP contribution in [-0.2, 0) is 0 Å². The van der Waals surface area contributed by atoms with Crippen LogP contribution in [0.15, 0.2) is 10.6 Å². The van der Waals surface area contributed by atoms with E-state index in [1.807, 2.05) is 6.07 Å². The predicted octanol–water partition coefficient (Wildman–Crippen LogP) is 0.626. The topological polar surface area (TPSA) is 78.9 Å². The van der Waals surface area contributed by atoms with E-state index < -0.39 is 0 Å². The van der Waals surface area contributed by atoms with Crippen molar-refractivity contribution >= 4 is 5.91 Å². The van der Waals surface area contributed by atoms with Crippen LogP contribution in [0.5, 0.6) is 0 Å². The minimum absolute atomic E-state index is 0.246. The van der Waals surface area contributed by atoms with Gasteiger partial charge < -0.3 is 9.84 Å². The van der Waals surface area contributed by atoms with Gasteiger partial charge in [0.15, 0.2) is 5.69 Å². The van der Waals surface area contributed by atoms with Gasteiger partial charge in [0.2, 0.25) is 0 Å². The van der Waals surface area contributed by atoms with Gasteiger partial charge in [-0.2, -0.15) is 5.26 Å². The van der Waals surface area contributed by atoms with Crippen LogP contribution in [0.25, 0.3) is 0 Å². The average molecular weight is 179 g/mol. The van der Waals surface area contributed by atoms with E-state index in [2.05, 4.69) is 10.5 Å². The Kier molecular flexibility index (Phi) is 3.03. The maximum absolute atomic E-state index is 11.2. The molecule has 13 heavy (non-hydrogen) atoms. The normalized spacial score (nSPS) is 9.23. The van der Waals surface area contributed by atoms with Crippen molar-refractivity contribution in [2.24, 2.45) is 0 Å². The van der Waals surface area contributed by atoms with E-state index in [1.165, 1.54) is 0 Å². The molecular weight excluding hydrogens is 170 g/mol. The number of nitrogens with one attached hydrogen (secondary N) is 1. The van der Waals surface area contributed by atoms with Crippen LogP contribution in [0.2, 0.25) is 0 Å². The van der Waals surface area contributed by atoms with Gasteiger partial charge in [-0.05, 0) is 6.92 Å². The van der Waals surface area contributed by atoms with Gasteiger partial charge >= 0.3 is 0 Å². The molecule has 1 aromatic heterocycles. The molecule has 0 fully saturated rings. The molecule has 1 heterocycles. The van der Waals surface area contributed by atoms with E-state index >= 15 is 0 Å².